The van der Waals surface area contributed by atoms with Gasteiger partial charge >= 0.3 is 6.03 Å². The molecule has 24 heavy (non-hydrogen) atoms. The highest BCUT2D eigenvalue weighted by molar-refractivity contribution is 5.99. The number of alkyl halides is 1. The van der Waals surface area contributed by atoms with Crippen molar-refractivity contribution in [2.24, 2.45) is 0 Å². The third-order valence-electron chi connectivity index (χ3n) is 4.00. The van der Waals surface area contributed by atoms with Crippen molar-refractivity contribution in [2.45, 2.75) is 30.5 Å². The van der Waals surface area contributed by atoms with Gasteiger partial charge in [0.15, 0.2) is 11.4 Å². The summed E-state index contributed by atoms with van der Waals surface area (Å²) >= 11 is 0. The van der Waals surface area contributed by atoms with Gasteiger partial charge < -0.3 is 19.9 Å². The van der Waals surface area contributed by atoms with E-state index in [-0.39, 0.29) is 36.8 Å². The summed E-state index contributed by atoms with van der Waals surface area (Å²) in [5.41, 5.74) is -5.08. The van der Waals surface area contributed by atoms with Crippen LogP contribution in [-0.4, -0.2) is 53.9 Å². The molecule has 2 rings (SSSR count). The molecular formula is C14H19FN4O5. The lowest BCUT2D eigenvalue weighted by molar-refractivity contribution is -0.152. The number of rotatable bonds is 4. The van der Waals surface area contributed by atoms with Crippen molar-refractivity contribution in [1.82, 2.24) is 20.6 Å². The third-order valence-corrected chi connectivity index (χ3v) is 4.00. The number of hydrogen-bond donors (Lipinski definition) is 3. The van der Waals surface area contributed by atoms with Gasteiger partial charge in [-0.15, -0.1) is 0 Å². The maximum absolute atomic E-state index is 15.4. The minimum absolute atomic E-state index is 0.0474. The Kier molecular flexibility index (Phi) is 4.88. The maximum Gasteiger partial charge on any atom is 0.321 e. The summed E-state index contributed by atoms with van der Waals surface area (Å²) in [6.07, 6.45) is -0.173. The number of methoxy groups -OCH3 is 2. The van der Waals surface area contributed by atoms with Crippen LogP contribution in [0, 0.1) is 0 Å². The molecule has 1 heterocycles. The number of halogens is 1. The maximum atomic E-state index is 15.4. The standard InChI is InChI=1S/C14H19FN4O5/c1-16-12(21)19-11(20)13(15)5-4-6-14(13,22)10-17-8(23-2)7-9(18-10)24-3/h7,22H,4-6H2,1-3H3,(H2,16,19,20,21). The number of urea groups is 1. The van der Waals surface area contributed by atoms with E-state index in [0.717, 1.165) is 0 Å². The lowest BCUT2D eigenvalue weighted by atomic mass is 9.86. The first-order valence-electron chi connectivity index (χ1n) is 7.22. The van der Waals surface area contributed by atoms with Crippen LogP contribution >= 0.6 is 0 Å². The molecule has 3 N–H and O–H groups in total. The Morgan fingerprint density at radius 3 is 2.33 bits per heavy atom. The zero-order chi connectivity index (χ0) is 18.0. The predicted octanol–water partition coefficient (Wildman–Crippen LogP) is 0.0292. The van der Waals surface area contributed by atoms with E-state index in [1.807, 2.05) is 5.32 Å². The minimum atomic E-state index is -2.77. The van der Waals surface area contributed by atoms with Gasteiger partial charge in [0.25, 0.3) is 5.91 Å². The number of imide groups is 1. The minimum Gasteiger partial charge on any atom is -0.481 e. The van der Waals surface area contributed by atoms with E-state index in [0.29, 0.717) is 0 Å². The molecule has 0 bridgehead atoms. The number of hydrogen-bond acceptors (Lipinski definition) is 7. The molecule has 3 amide bonds. The SMILES string of the molecule is CNC(=O)NC(=O)C1(F)CCCC1(O)c1nc(OC)cc(OC)n1. The molecule has 0 spiro atoms. The van der Waals surface area contributed by atoms with E-state index >= 15 is 4.39 Å². The molecule has 1 saturated carbocycles. The van der Waals surface area contributed by atoms with Gasteiger partial charge in [0.2, 0.25) is 17.4 Å². The van der Waals surface area contributed by atoms with Crippen molar-refractivity contribution in [3.05, 3.63) is 11.9 Å². The zero-order valence-corrected chi connectivity index (χ0v) is 13.6. The van der Waals surface area contributed by atoms with Crippen LogP contribution in [0.2, 0.25) is 0 Å². The van der Waals surface area contributed by atoms with Gasteiger partial charge in [-0.2, -0.15) is 9.97 Å². The summed E-state index contributed by atoms with van der Waals surface area (Å²) in [6.45, 7) is 0. The molecule has 0 radical (unpaired) electrons. The van der Waals surface area contributed by atoms with Crippen LogP contribution < -0.4 is 20.1 Å². The number of aromatic nitrogens is 2. The van der Waals surface area contributed by atoms with Gasteiger partial charge in [0.05, 0.1) is 20.3 Å². The van der Waals surface area contributed by atoms with Crippen LogP contribution in [0.25, 0.3) is 0 Å². The Morgan fingerprint density at radius 2 is 1.83 bits per heavy atom. The smallest absolute Gasteiger partial charge is 0.321 e. The van der Waals surface area contributed by atoms with E-state index in [1.165, 1.54) is 27.3 Å². The second-order valence-corrected chi connectivity index (χ2v) is 5.32. The van der Waals surface area contributed by atoms with E-state index in [1.54, 1.807) is 0 Å². The fourth-order valence-electron chi connectivity index (χ4n) is 2.65. The Labute approximate surface area is 137 Å². The lowest BCUT2D eigenvalue weighted by Gasteiger charge is -2.33. The van der Waals surface area contributed by atoms with Crippen molar-refractivity contribution in [2.75, 3.05) is 21.3 Å². The highest BCUT2D eigenvalue weighted by atomic mass is 19.1. The third kappa shape index (κ3) is 2.84. The van der Waals surface area contributed by atoms with Crippen LogP contribution in [0.3, 0.4) is 0 Å². The van der Waals surface area contributed by atoms with Crippen molar-refractivity contribution in [3.8, 4) is 11.8 Å². The van der Waals surface area contributed by atoms with Gasteiger partial charge in [0, 0.05) is 7.05 Å². The molecule has 0 aliphatic heterocycles. The molecule has 0 aromatic carbocycles. The Balaban J connectivity index is 2.46. The Hall–Kier alpha value is -2.49. The summed E-state index contributed by atoms with van der Waals surface area (Å²) in [7, 11) is 3.96. The molecule has 2 atom stereocenters. The van der Waals surface area contributed by atoms with Crippen molar-refractivity contribution >= 4 is 11.9 Å². The topological polar surface area (TPSA) is 123 Å². The molecule has 10 heteroatoms. The van der Waals surface area contributed by atoms with E-state index in [2.05, 4.69) is 15.3 Å². The molecule has 2 unspecified atom stereocenters. The number of aliphatic hydroxyl groups is 1. The Morgan fingerprint density at radius 1 is 1.25 bits per heavy atom. The lowest BCUT2D eigenvalue weighted by Crippen LogP contribution is -2.57. The molecule has 1 aliphatic carbocycles. The Bertz CT molecular complexity index is 636. The van der Waals surface area contributed by atoms with Gasteiger partial charge in [-0.05, 0) is 19.3 Å². The average molecular weight is 342 g/mol. The fourth-order valence-corrected chi connectivity index (χ4v) is 2.65. The number of nitrogens with zero attached hydrogens (tertiary/aromatic N) is 2. The average Bonchev–Trinajstić information content (AvgIpc) is 2.91. The molecular weight excluding hydrogens is 323 g/mol. The highest BCUT2D eigenvalue weighted by Crippen LogP contribution is 2.48. The largest absolute Gasteiger partial charge is 0.481 e. The summed E-state index contributed by atoms with van der Waals surface area (Å²) in [6, 6.07) is 0.474. The first-order chi connectivity index (χ1) is 11.3. The number of ether oxygens (including phenoxy) is 2. The first kappa shape index (κ1) is 17.9. The number of carbonyl (C=O) groups excluding carboxylic acids is 2. The summed E-state index contributed by atoms with van der Waals surface area (Å²) in [5.74, 6) is -1.50. The molecule has 0 saturated heterocycles. The van der Waals surface area contributed by atoms with E-state index < -0.39 is 23.2 Å². The van der Waals surface area contributed by atoms with Crippen LogP contribution in [0.15, 0.2) is 6.07 Å². The number of nitrogens with one attached hydrogen (secondary N) is 2. The van der Waals surface area contributed by atoms with Gasteiger partial charge in [-0.1, -0.05) is 0 Å². The predicted molar refractivity (Wildman–Crippen MR) is 79.3 cm³/mol. The second-order valence-electron chi connectivity index (χ2n) is 5.32. The van der Waals surface area contributed by atoms with Crippen LogP contribution in [0.4, 0.5) is 9.18 Å². The van der Waals surface area contributed by atoms with Crippen molar-refractivity contribution in [1.29, 1.82) is 0 Å². The molecule has 1 fully saturated rings. The van der Waals surface area contributed by atoms with Crippen LogP contribution in [-0.2, 0) is 10.4 Å². The molecule has 9 nitrogen and oxygen atoms in total. The molecule has 1 aromatic rings. The van der Waals surface area contributed by atoms with Crippen molar-refractivity contribution in [3.63, 3.8) is 0 Å². The molecule has 132 valence electrons. The van der Waals surface area contributed by atoms with Gasteiger partial charge in [-0.25, -0.2) is 9.18 Å². The summed E-state index contributed by atoms with van der Waals surface area (Å²) in [4.78, 5) is 31.4. The second kappa shape index (κ2) is 6.56. The van der Waals surface area contributed by atoms with Crippen LogP contribution in [0.5, 0.6) is 11.8 Å². The van der Waals surface area contributed by atoms with Gasteiger partial charge in [-0.3, -0.25) is 10.1 Å². The fraction of sp³-hybridized carbons (Fsp3) is 0.571. The monoisotopic (exact) mass is 342 g/mol. The van der Waals surface area contributed by atoms with Crippen LogP contribution in [0.1, 0.15) is 25.1 Å². The normalized spacial score (nSPS) is 25.9. The first-order valence-corrected chi connectivity index (χ1v) is 7.22. The highest BCUT2D eigenvalue weighted by Gasteiger charge is 2.63. The molecule has 1 aromatic heterocycles. The number of amides is 3. The van der Waals surface area contributed by atoms with Gasteiger partial charge in [0.1, 0.15) is 0 Å². The summed E-state index contributed by atoms with van der Waals surface area (Å²) < 4.78 is 25.4. The number of carbonyl (C=O) groups is 2. The molecule has 1 aliphatic rings. The summed E-state index contributed by atoms with van der Waals surface area (Å²) in [5, 5.41) is 14.9. The van der Waals surface area contributed by atoms with E-state index in [9.17, 15) is 14.7 Å². The zero-order valence-electron chi connectivity index (χ0n) is 13.6. The van der Waals surface area contributed by atoms with Crippen molar-refractivity contribution < 1.29 is 28.6 Å². The van der Waals surface area contributed by atoms with E-state index in [4.69, 9.17) is 9.47 Å². The quantitative estimate of drug-likeness (QED) is 0.705.